The lowest BCUT2D eigenvalue weighted by Crippen LogP contribution is -2.36. The molecule has 1 N–H and O–H groups in total. The first kappa shape index (κ1) is 10.7. The van der Waals surface area contributed by atoms with Crippen LogP contribution in [0.15, 0.2) is 0 Å². The van der Waals surface area contributed by atoms with Crippen LogP contribution in [0.2, 0.25) is 0 Å². The van der Waals surface area contributed by atoms with Crippen molar-refractivity contribution in [3.05, 3.63) is 0 Å². The van der Waals surface area contributed by atoms with Crippen molar-refractivity contribution in [3.63, 3.8) is 0 Å². The Morgan fingerprint density at radius 3 is 2.55 bits per heavy atom. The number of nitrogens with one attached hydrogen (secondary N) is 1. The Bertz CT molecular complexity index is 136. The molecule has 0 heterocycles. The minimum absolute atomic E-state index is 0. The van der Waals surface area contributed by atoms with Crippen molar-refractivity contribution in [2.45, 2.75) is 31.8 Å². The van der Waals surface area contributed by atoms with E-state index in [0.29, 0.717) is 6.04 Å². The maximum absolute atomic E-state index is 10.8. The van der Waals surface area contributed by atoms with E-state index in [-0.39, 0.29) is 24.4 Å². The summed E-state index contributed by atoms with van der Waals surface area (Å²) < 4.78 is 4.54. The molecular weight excluding hydrogens is 166 g/mol. The summed E-state index contributed by atoms with van der Waals surface area (Å²) in [5, 5.41) is 3.13. The van der Waals surface area contributed by atoms with E-state index in [1.165, 1.54) is 20.0 Å². The second kappa shape index (κ2) is 4.57. The summed E-state index contributed by atoms with van der Waals surface area (Å²) >= 11 is 0. The maximum Gasteiger partial charge on any atom is 0.322 e. The predicted molar refractivity (Wildman–Crippen MR) is 44.9 cm³/mol. The zero-order valence-electron chi connectivity index (χ0n) is 6.79. The molecule has 0 spiro atoms. The number of halogens is 1. The number of methoxy groups -OCH3 is 1. The van der Waals surface area contributed by atoms with Gasteiger partial charge in [-0.2, -0.15) is 0 Å². The Morgan fingerprint density at radius 2 is 2.18 bits per heavy atom. The van der Waals surface area contributed by atoms with Gasteiger partial charge in [0.05, 0.1) is 7.11 Å². The molecular formula is C7H14ClNO2. The highest BCUT2D eigenvalue weighted by Crippen LogP contribution is 2.19. The number of carbonyl (C=O) groups excluding carboxylic acids is 1. The van der Waals surface area contributed by atoms with Gasteiger partial charge < -0.3 is 10.1 Å². The SMILES string of the molecule is COC(=O)[C@H](C)NC1CC1.Cl. The average molecular weight is 180 g/mol. The normalized spacial score (nSPS) is 18.4. The molecule has 0 aromatic rings. The molecule has 0 aliphatic heterocycles. The molecule has 0 amide bonds. The van der Waals surface area contributed by atoms with Gasteiger partial charge in [0, 0.05) is 6.04 Å². The molecule has 1 saturated carbocycles. The van der Waals surface area contributed by atoms with Crippen molar-refractivity contribution >= 4 is 18.4 Å². The molecule has 4 heteroatoms. The molecule has 1 fully saturated rings. The molecule has 1 aliphatic rings. The number of carbonyl (C=O) groups is 1. The standard InChI is InChI=1S/C7H13NO2.ClH/c1-5(7(9)10-2)8-6-3-4-6;/h5-6,8H,3-4H2,1-2H3;1H/t5-;/m0./s1. The lowest BCUT2D eigenvalue weighted by atomic mass is 10.3. The molecule has 11 heavy (non-hydrogen) atoms. The molecule has 1 atom stereocenters. The molecule has 3 nitrogen and oxygen atoms in total. The Labute approximate surface area is 72.9 Å². The Kier molecular flexibility index (Phi) is 4.45. The van der Waals surface area contributed by atoms with Gasteiger partial charge >= 0.3 is 5.97 Å². The van der Waals surface area contributed by atoms with Crippen molar-refractivity contribution in [3.8, 4) is 0 Å². The maximum atomic E-state index is 10.8. The summed E-state index contributed by atoms with van der Waals surface area (Å²) in [7, 11) is 1.41. The molecule has 0 aromatic heterocycles. The summed E-state index contributed by atoms with van der Waals surface area (Å²) in [6, 6.07) is 0.423. The average Bonchev–Trinajstić information content (AvgIpc) is 2.70. The lowest BCUT2D eigenvalue weighted by molar-refractivity contribution is -0.142. The Morgan fingerprint density at radius 1 is 1.64 bits per heavy atom. The van der Waals surface area contributed by atoms with Crippen LogP contribution in [-0.4, -0.2) is 25.2 Å². The number of ether oxygens (including phenoxy) is 1. The monoisotopic (exact) mass is 179 g/mol. The number of hydrogen-bond acceptors (Lipinski definition) is 3. The summed E-state index contributed by atoms with van der Waals surface area (Å²) in [5.41, 5.74) is 0. The van der Waals surface area contributed by atoms with E-state index in [0.717, 1.165) is 0 Å². The van der Waals surface area contributed by atoms with Gasteiger partial charge in [0.25, 0.3) is 0 Å². The lowest BCUT2D eigenvalue weighted by Gasteiger charge is -2.09. The fourth-order valence-electron chi connectivity index (χ4n) is 0.848. The molecule has 0 bridgehead atoms. The zero-order valence-corrected chi connectivity index (χ0v) is 7.61. The van der Waals surface area contributed by atoms with Crippen molar-refractivity contribution < 1.29 is 9.53 Å². The first-order chi connectivity index (χ1) is 4.74. The van der Waals surface area contributed by atoms with Crippen LogP contribution in [0, 0.1) is 0 Å². The van der Waals surface area contributed by atoms with Gasteiger partial charge in [-0.25, -0.2) is 0 Å². The van der Waals surface area contributed by atoms with E-state index in [1.54, 1.807) is 0 Å². The van der Waals surface area contributed by atoms with Crippen LogP contribution in [0.4, 0.5) is 0 Å². The highest BCUT2D eigenvalue weighted by molar-refractivity contribution is 5.85. The molecule has 66 valence electrons. The quantitative estimate of drug-likeness (QED) is 0.649. The van der Waals surface area contributed by atoms with Crippen molar-refractivity contribution in [1.82, 2.24) is 5.32 Å². The Balaban J connectivity index is 0.000001000. The molecule has 0 aromatic carbocycles. The van der Waals surface area contributed by atoms with E-state index in [1.807, 2.05) is 6.92 Å². The molecule has 1 aliphatic carbocycles. The van der Waals surface area contributed by atoms with Crippen LogP contribution in [-0.2, 0) is 9.53 Å². The topological polar surface area (TPSA) is 38.3 Å². The van der Waals surface area contributed by atoms with Gasteiger partial charge in [-0.3, -0.25) is 4.79 Å². The van der Waals surface area contributed by atoms with Gasteiger partial charge in [0.2, 0.25) is 0 Å². The third kappa shape index (κ3) is 3.58. The van der Waals surface area contributed by atoms with Gasteiger partial charge in [-0.05, 0) is 19.8 Å². The molecule has 0 unspecified atom stereocenters. The summed E-state index contributed by atoms with van der Waals surface area (Å²) in [5.74, 6) is -0.174. The second-order valence-corrected chi connectivity index (χ2v) is 2.69. The van der Waals surface area contributed by atoms with Gasteiger partial charge in [0.15, 0.2) is 0 Å². The van der Waals surface area contributed by atoms with Crippen LogP contribution >= 0.6 is 12.4 Å². The molecule has 0 saturated heterocycles. The van der Waals surface area contributed by atoms with Crippen LogP contribution in [0.25, 0.3) is 0 Å². The highest BCUT2D eigenvalue weighted by atomic mass is 35.5. The van der Waals surface area contributed by atoms with Gasteiger partial charge in [-0.15, -0.1) is 12.4 Å². The third-order valence-corrected chi connectivity index (χ3v) is 1.62. The fourth-order valence-corrected chi connectivity index (χ4v) is 0.848. The first-order valence-corrected chi connectivity index (χ1v) is 3.58. The largest absolute Gasteiger partial charge is 0.468 e. The van der Waals surface area contributed by atoms with Crippen LogP contribution in [0.1, 0.15) is 19.8 Å². The number of esters is 1. The Hall–Kier alpha value is -0.280. The molecule has 0 radical (unpaired) electrons. The van der Waals surface area contributed by atoms with Crippen LogP contribution in [0.5, 0.6) is 0 Å². The number of rotatable bonds is 3. The first-order valence-electron chi connectivity index (χ1n) is 3.58. The number of hydrogen-bond donors (Lipinski definition) is 1. The van der Waals surface area contributed by atoms with Crippen molar-refractivity contribution in [1.29, 1.82) is 0 Å². The minimum Gasteiger partial charge on any atom is -0.468 e. The van der Waals surface area contributed by atoms with Crippen LogP contribution < -0.4 is 5.32 Å². The molecule has 1 rings (SSSR count). The van der Waals surface area contributed by atoms with E-state index in [9.17, 15) is 4.79 Å². The zero-order chi connectivity index (χ0) is 7.56. The smallest absolute Gasteiger partial charge is 0.322 e. The second-order valence-electron chi connectivity index (χ2n) is 2.69. The predicted octanol–water partition coefficient (Wildman–Crippen LogP) is 0.722. The van der Waals surface area contributed by atoms with E-state index in [2.05, 4.69) is 10.1 Å². The van der Waals surface area contributed by atoms with E-state index < -0.39 is 0 Å². The summed E-state index contributed by atoms with van der Waals surface area (Å²) in [6.07, 6.45) is 2.39. The van der Waals surface area contributed by atoms with E-state index in [4.69, 9.17) is 0 Å². The minimum atomic E-state index is -0.174. The van der Waals surface area contributed by atoms with Crippen molar-refractivity contribution in [2.75, 3.05) is 7.11 Å². The summed E-state index contributed by atoms with van der Waals surface area (Å²) in [4.78, 5) is 10.8. The van der Waals surface area contributed by atoms with Crippen LogP contribution in [0.3, 0.4) is 0 Å². The van der Waals surface area contributed by atoms with Crippen molar-refractivity contribution in [2.24, 2.45) is 0 Å². The highest BCUT2D eigenvalue weighted by Gasteiger charge is 2.25. The third-order valence-electron chi connectivity index (χ3n) is 1.62. The van der Waals surface area contributed by atoms with Gasteiger partial charge in [0.1, 0.15) is 6.04 Å². The van der Waals surface area contributed by atoms with Gasteiger partial charge in [-0.1, -0.05) is 0 Å². The van der Waals surface area contributed by atoms with E-state index >= 15 is 0 Å². The fraction of sp³-hybridized carbons (Fsp3) is 0.857. The summed E-state index contributed by atoms with van der Waals surface area (Å²) in [6.45, 7) is 1.82.